The van der Waals surface area contributed by atoms with Gasteiger partial charge in [0.05, 0.1) is 14.6 Å². The molecule has 1 unspecified atom stereocenters. The number of hydrogen-bond donors (Lipinski definition) is 1. The van der Waals surface area contributed by atoms with E-state index < -0.39 is 62.0 Å². The Morgan fingerprint density at radius 3 is 2.80 bits per heavy atom. The first kappa shape index (κ1) is 5.24. The summed E-state index contributed by atoms with van der Waals surface area (Å²) >= 11 is 0. The second kappa shape index (κ2) is 5.73. The van der Waals surface area contributed by atoms with Crippen LogP contribution in [0, 0.1) is 0 Å². The average Bonchev–Trinajstić information content (AvgIpc) is 2.92. The van der Waals surface area contributed by atoms with Gasteiger partial charge in [0.25, 0.3) is 0 Å². The minimum Gasteiger partial charge on any atom is -0.493 e. The van der Waals surface area contributed by atoms with E-state index in [-0.39, 0.29) is 11.3 Å². The lowest BCUT2D eigenvalue weighted by Gasteiger charge is -2.18. The van der Waals surface area contributed by atoms with E-state index in [1.165, 1.54) is 19.2 Å². The van der Waals surface area contributed by atoms with Crippen molar-refractivity contribution in [2.24, 2.45) is 0 Å². The molecule has 2 fully saturated rings. The molecular weight excluding hydrogens is 254 g/mol. The fraction of sp³-hybridized carbons (Fsp3) is 0.562. The Morgan fingerprint density at radius 2 is 2.15 bits per heavy atom. The molecule has 4 heteroatoms. The molecule has 0 radical (unpaired) electrons. The Labute approximate surface area is 136 Å². The summed E-state index contributed by atoms with van der Waals surface area (Å²) in [6.45, 7) is -0.413. The molecule has 1 atom stereocenters. The first-order valence-corrected chi connectivity index (χ1v) is 5.92. The summed E-state index contributed by atoms with van der Waals surface area (Å²) in [6.07, 6.45) is -20.0. The Bertz CT molecular complexity index is 940. The van der Waals surface area contributed by atoms with Gasteiger partial charge < -0.3 is 14.8 Å². The smallest absolute Gasteiger partial charge is 0.220 e. The predicted octanol–water partition coefficient (Wildman–Crippen LogP) is 2.62. The van der Waals surface area contributed by atoms with E-state index >= 15 is 0 Å². The van der Waals surface area contributed by atoms with Crippen molar-refractivity contribution >= 4 is 5.91 Å². The second-order valence-electron chi connectivity index (χ2n) is 4.08. The lowest BCUT2D eigenvalue weighted by Crippen LogP contribution is -2.14. The summed E-state index contributed by atoms with van der Waals surface area (Å²) in [4.78, 5) is 11.9. The van der Waals surface area contributed by atoms with Crippen molar-refractivity contribution in [2.45, 2.75) is 43.8 Å². The maximum atomic E-state index is 11.9. The molecule has 0 bridgehead atoms. The summed E-state index contributed by atoms with van der Waals surface area (Å²) in [6, 6.07) is 3.42. The number of nitrogens with one attached hydrogen (secondary N) is 1. The molecule has 1 saturated heterocycles. The Balaban J connectivity index is 2.17. The van der Waals surface area contributed by atoms with Crippen LogP contribution >= 0.6 is 0 Å². The van der Waals surface area contributed by atoms with Gasteiger partial charge in [-0.25, -0.2) is 0 Å². The molecule has 1 saturated carbocycles. The van der Waals surface area contributed by atoms with Crippen LogP contribution in [0.15, 0.2) is 18.2 Å². The molecule has 0 aromatic heterocycles. The maximum Gasteiger partial charge on any atom is 0.220 e. The molecule has 20 heavy (non-hydrogen) atoms. The number of hydrogen-bond acceptors (Lipinski definition) is 3. The van der Waals surface area contributed by atoms with E-state index in [1.807, 2.05) is 0 Å². The highest BCUT2D eigenvalue weighted by Gasteiger charge is 2.25. The number of amides is 1. The summed E-state index contributed by atoms with van der Waals surface area (Å²) in [7, 11) is 1.17. The van der Waals surface area contributed by atoms with Crippen LogP contribution in [0.25, 0.3) is 0 Å². The van der Waals surface area contributed by atoms with Crippen molar-refractivity contribution < 1.29 is 30.7 Å². The van der Waals surface area contributed by atoms with E-state index in [1.54, 1.807) is 0 Å². The standard InChI is InChI=1S/C16H21NO3/c1-19-14-7-6-11(12-9-16(18)17-10-12)8-15(14)20-13-4-2-3-5-13/h6-8,12-13H,2-5,9-10H2,1H3,(H,17,18)/i2D2,3D2,4D2,5D2,9D2,12D,13D. The highest BCUT2D eigenvalue weighted by atomic mass is 16.5. The lowest BCUT2D eigenvalue weighted by atomic mass is 9.98. The number of rotatable bonds is 4. The fourth-order valence-corrected chi connectivity index (χ4v) is 1.88. The van der Waals surface area contributed by atoms with E-state index in [4.69, 9.17) is 25.9 Å². The molecule has 2 aliphatic rings. The molecular formula is C16H21NO3. The van der Waals surface area contributed by atoms with Gasteiger partial charge in [0.15, 0.2) is 11.5 Å². The molecule has 0 spiro atoms. The normalized spacial score (nSPS) is 49.5. The first-order chi connectivity index (χ1) is 14.3. The van der Waals surface area contributed by atoms with E-state index in [9.17, 15) is 4.79 Å². The second-order valence-corrected chi connectivity index (χ2v) is 4.08. The third kappa shape index (κ3) is 2.74. The zero-order valence-electron chi connectivity index (χ0n) is 22.7. The molecule has 1 aliphatic carbocycles. The van der Waals surface area contributed by atoms with Crippen LogP contribution in [-0.4, -0.2) is 25.6 Å². The van der Waals surface area contributed by atoms with Crippen molar-refractivity contribution in [3.8, 4) is 11.5 Å². The van der Waals surface area contributed by atoms with Gasteiger partial charge in [0, 0.05) is 33.9 Å². The Hall–Kier alpha value is -1.71. The highest BCUT2D eigenvalue weighted by Crippen LogP contribution is 2.35. The van der Waals surface area contributed by atoms with Crippen LogP contribution in [0.2, 0.25) is 0 Å². The number of benzene rings is 1. The average molecular weight is 287 g/mol. The van der Waals surface area contributed by atoms with Gasteiger partial charge in [0.1, 0.15) is 0 Å². The first-order valence-electron chi connectivity index (χ1n) is 11.9. The third-order valence-electron chi connectivity index (χ3n) is 2.83. The zero-order chi connectivity index (χ0) is 24.8. The van der Waals surface area contributed by atoms with E-state index in [2.05, 4.69) is 5.32 Å². The van der Waals surface area contributed by atoms with Crippen LogP contribution in [0.4, 0.5) is 0 Å². The predicted molar refractivity (Wildman–Crippen MR) is 76.2 cm³/mol. The SMILES string of the molecule is [2H]C1([2H])C(=O)NCC1([2H])c1ccc(OC)c(OC2([2H])C([2H])([2H])C([2H])([2H])C([2H])([2H])C2([2H])[2H])c1. The van der Waals surface area contributed by atoms with E-state index in [0.29, 0.717) is 0 Å². The molecule has 108 valence electrons. The van der Waals surface area contributed by atoms with Crippen LogP contribution in [-0.2, 0) is 4.79 Å². The molecule has 1 aromatic carbocycles. The molecule has 1 amide bonds. The Kier molecular flexibility index (Phi) is 1.50. The highest BCUT2D eigenvalue weighted by molar-refractivity contribution is 5.79. The molecule has 4 nitrogen and oxygen atoms in total. The van der Waals surface area contributed by atoms with Crippen molar-refractivity contribution in [3.63, 3.8) is 0 Å². The van der Waals surface area contributed by atoms with Gasteiger partial charge in [-0.05, 0) is 43.2 Å². The van der Waals surface area contributed by atoms with Gasteiger partial charge in [-0.2, -0.15) is 0 Å². The van der Waals surface area contributed by atoms with Crippen molar-refractivity contribution in [1.82, 2.24) is 5.32 Å². The van der Waals surface area contributed by atoms with Gasteiger partial charge in [-0.1, -0.05) is 6.07 Å². The number of methoxy groups -OCH3 is 1. The summed E-state index contributed by atoms with van der Waals surface area (Å²) in [5, 5.41) is 2.25. The number of ether oxygens (including phenoxy) is 2. The van der Waals surface area contributed by atoms with Crippen molar-refractivity contribution in [2.75, 3.05) is 13.7 Å². The molecule has 1 aliphatic heterocycles. The largest absolute Gasteiger partial charge is 0.493 e. The lowest BCUT2D eigenvalue weighted by molar-refractivity contribution is -0.119. The number of carbonyl (C=O) groups is 1. The number of carbonyl (C=O) groups excluding carboxylic acids is 1. The topological polar surface area (TPSA) is 47.6 Å². The van der Waals surface area contributed by atoms with Crippen molar-refractivity contribution in [1.29, 1.82) is 0 Å². The van der Waals surface area contributed by atoms with Gasteiger partial charge >= 0.3 is 0 Å². The molecule has 3 rings (SSSR count). The minimum atomic E-state index is -3.49. The van der Waals surface area contributed by atoms with Crippen LogP contribution < -0.4 is 14.8 Å². The summed E-state index contributed by atoms with van der Waals surface area (Å²) in [5.74, 6) is -3.89. The summed E-state index contributed by atoms with van der Waals surface area (Å²) < 4.78 is 107. The Morgan fingerprint density at radius 1 is 1.35 bits per heavy atom. The molecule has 1 aromatic rings. The van der Waals surface area contributed by atoms with Crippen LogP contribution in [0.1, 0.15) is 59.8 Å². The van der Waals surface area contributed by atoms with Gasteiger partial charge in [-0.3, -0.25) is 4.79 Å². The van der Waals surface area contributed by atoms with Crippen LogP contribution in [0.3, 0.4) is 0 Å². The fourth-order valence-electron chi connectivity index (χ4n) is 1.88. The van der Waals surface area contributed by atoms with E-state index in [0.717, 1.165) is 6.07 Å². The third-order valence-corrected chi connectivity index (χ3v) is 2.83. The van der Waals surface area contributed by atoms with Gasteiger partial charge in [0.2, 0.25) is 5.91 Å². The minimum absolute atomic E-state index is 0.134. The molecule has 1 N–H and O–H groups in total. The van der Waals surface area contributed by atoms with Crippen LogP contribution in [0.5, 0.6) is 11.5 Å². The van der Waals surface area contributed by atoms with Gasteiger partial charge in [-0.15, -0.1) is 0 Å². The summed E-state index contributed by atoms with van der Waals surface area (Å²) in [5.41, 5.74) is -0.134. The quantitative estimate of drug-likeness (QED) is 0.926. The maximum absolute atomic E-state index is 11.9. The monoisotopic (exact) mass is 287 g/mol. The molecule has 1 heterocycles. The zero-order valence-corrected chi connectivity index (χ0v) is 10.7. The van der Waals surface area contributed by atoms with Crippen molar-refractivity contribution in [3.05, 3.63) is 23.8 Å².